The molecule has 0 aliphatic heterocycles. The van der Waals surface area contributed by atoms with E-state index in [-0.39, 0.29) is 32.0 Å². The molecule has 33 heavy (non-hydrogen) atoms. The average Bonchev–Trinajstić information content (AvgIpc) is 2.78. The van der Waals surface area contributed by atoms with Gasteiger partial charge in [0.2, 0.25) is 0 Å². The van der Waals surface area contributed by atoms with Gasteiger partial charge in [-0.2, -0.15) is 5.26 Å². The van der Waals surface area contributed by atoms with E-state index in [9.17, 15) is 4.79 Å². The van der Waals surface area contributed by atoms with Crippen molar-refractivity contribution in [3.8, 4) is 6.07 Å². The minimum Gasteiger partial charge on any atom is -0.423 e. The van der Waals surface area contributed by atoms with Crippen LogP contribution in [0.2, 0.25) is 0 Å². The van der Waals surface area contributed by atoms with Gasteiger partial charge in [-0.3, -0.25) is 0 Å². The molecule has 0 aliphatic rings. The van der Waals surface area contributed by atoms with Crippen LogP contribution >= 0.6 is 8.53 Å². The molecule has 2 rings (SSSR count). The molecular weight excluding hydrogens is 437 g/mol. The molecule has 2 atom stereocenters. The van der Waals surface area contributed by atoms with E-state index >= 15 is 0 Å². The van der Waals surface area contributed by atoms with Gasteiger partial charge < -0.3 is 18.4 Å². The first-order valence-electron chi connectivity index (χ1n) is 12.3. The van der Waals surface area contributed by atoms with Crippen molar-refractivity contribution in [3.05, 3.63) is 40.2 Å². The molecule has 0 radical (unpaired) electrons. The number of benzene rings is 1. The molecule has 1 heterocycles. The second kappa shape index (κ2) is 13.1. The highest BCUT2D eigenvalue weighted by molar-refractivity contribution is 7.44. The standard InChI is InChI=1S/C25H38N3O4P/c1-8-23(32-33(30-15-11-14-26)28(18(4)5)19(6)7)22-17-25(29)31-24-16-20(12-13-21(22)24)27(9-2)10-3/h12-13,16-19,23H,8-11,15H2,1-7H3/i1D. The summed E-state index contributed by atoms with van der Waals surface area (Å²) in [6.45, 7) is 14.6. The van der Waals surface area contributed by atoms with E-state index in [1.165, 1.54) is 6.07 Å². The number of hydrogen-bond acceptors (Lipinski definition) is 7. The fraction of sp³-hybridized carbons (Fsp3) is 0.600. The number of fused-ring (bicyclic) bond motifs is 1. The van der Waals surface area contributed by atoms with Gasteiger partial charge in [0.25, 0.3) is 8.53 Å². The second-order valence-corrected chi connectivity index (χ2v) is 9.71. The lowest BCUT2D eigenvalue weighted by molar-refractivity contribution is 0.130. The highest BCUT2D eigenvalue weighted by Gasteiger charge is 2.31. The lowest BCUT2D eigenvalue weighted by Crippen LogP contribution is -2.34. The third kappa shape index (κ3) is 7.01. The molecule has 0 saturated carbocycles. The third-order valence-electron chi connectivity index (χ3n) is 5.38. The first kappa shape index (κ1) is 25.6. The van der Waals surface area contributed by atoms with Gasteiger partial charge in [0, 0.05) is 49.8 Å². The maximum absolute atomic E-state index is 12.5. The van der Waals surface area contributed by atoms with E-state index < -0.39 is 20.3 Å². The molecule has 2 unspecified atom stereocenters. The van der Waals surface area contributed by atoms with Crippen LogP contribution in [0.25, 0.3) is 11.0 Å². The van der Waals surface area contributed by atoms with E-state index in [0.29, 0.717) is 17.6 Å². The van der Waals surface area contributed by atoms with Crippen LogP contribution in [0.3, 0.4) is 0 Å². The molecule has 0 saturated heterocycles. The summed E-state index contributed by atoms with van der Waals surface area (Å²) in [5.41, 5.74) is 1.75. The number of anilines is 1. The Morgan fingerprint density at radius 2 is 1.88 bits per heavy atom. The van der Waals surface area contributed by atoms with E-state index in [1.807, 2.05) is 18.2 Å². The Morgan fingerprint density at radius 3 is 2.45 bits per heavy atom. The van der Waals surface area contributed by atoms with Crippen LogP contribution in [0.1, 0.15) is 74.3 Å². The lowest BCUT2D eigenvalue weighted by Gasteiger charge is -2.37. The predicted octanol–water partition coefficient (Wildman–Crippen LogP) is 6.38. The predicted molar refractivity (Wildman–Crippen MR) is 135 cm³/mol. The largest absolute Gasteiger partial charge is 0.423 e. The minimum atomic E-state index is -1.52. The molecule has 182 valence electrons. The summed E-state index contributed by atoms with van der Waals surface area (Å²) in [4.78, 5) is 14.7. The first-order chi connectivity index (χ1) is 16.3. The van der Waals surface area contributed by atoms with Gasteiger partial charge in [0.1, 0.15) is 5.58 Å². The van der Waals surface area contributed by atoms with Gasteiger partial charge in [-0.25, -0.2) is 9.46 Å². The highest BCUT2D eigenvalue weighted by atomic mass is 31.2. The second-order valence-electron chi connectivity index (χ2n) is 8.30. The molecule has 0 spiro atoms. The Morgan fingerprint density at radius 1 is 1.18 bits per heavy atom. The van der Waals surface area contributed by atoms with Crippen molar-refractivity contribution in [2.75, 3.05) is 24.6 Å². The van der Waals surface area contributed by atoms with E-state index in [0.717, 1.165) is 24.2 Å². The highest BCUT2D eigenvalue weighted by Crippen LogP contribution is 2.50. The van der Waals surface area contributed by atoms with Crippen molar-refractivity contribution in [2.24, 2.45) is 0 Å². The van der Waals surface area contributed by atoms with Gasteiger partial charge in [0.05, 0.1) is 25.2 Å². The van der Waals surface area contributed by atoms with Crippen molar-refractivity contribution < 1.29 is 14.8 Å². The molecule has 8 heteroatoms. The Labute approximate surface area is 200 Å². The monoisotopic (exact) mass is 476 g/mol. The van der Waals surface area contributed by atoms with E-state index in [2.05, 4.69) is 57.2 Å². The molecule has 0 N–H and O–H groups in total. The molecule has 1 aromatic carbocycles. The van der Waals surface area contributed by atoms with Gasteiger partial charge in [-0.15, -0.1) is 0 Å². The smallest absolute Gasteiger partial charge is 0.336 e. The molecule has 0 fully saturated rings. The van der Waals surface area contributed by atoms with Crippen LogP contribution in [0, 0.1) is 11.3 Å². The Kier molecular flexibility index (Phi) is 10.1. The fourth-order valence-corrected chi connectivity index (χ4v) is 5.64. The van der Waals surface area contributed by atoms with E-state index in [1.54, 1.807) is 0 Å². The summed E-state index contributed by atoms with van der Waals surface area (Å²) >= 11 is 0. The number of rotatable bonds is 13. The fourth-order valence-electron chi connectivity index (χ4n) is 3.90. The molecule has 0 aliphatic carbocycles. The number of nitrogens with zero attached hydrogens (tertiary/aromatic N) is 3. The van der Waals surface area contributed by atoms with Crippen LogP contribution < -0.4 is 10.5 Å². The van der Waals surface area contributed by atoms with Gasteiger partial charge in [0.15, 0.2) is 0 Å². The van der Waals surface area contributed by atoms with Gasteiger partial charge >= 0.3 is 5.63 Å². The Balaban J connectivity index is 2.53. The summed E-state index contributed by atoms with van der Waals surface area (Å²) in [6.07, 6.45) is 0.152. The topological polar surface area (TPSA) is 78.9 Å². The van der Waals surface area contributed by atoms with Crippen molar-refractivity contribution >= 4 is 25.2 Å². The minimum absolute atomic E-state index is 0.134. The normalized spacial score (nSPS) is 14.0. The van der Waals surface area contributed by atoms with Crippen LogP contribution in [-0.4, -0.2) is 36.5 Å². The van der Waals surface area contributed by atoms with Crippen molar-refractivity contribution in [3.63, 3.8) is 0 Å². The van der Waals surface area contributed by atoms with Crippen LogP contribution in [0.4, 0.5) is 5.69 Å². The number of hydrogen-bond donors (Lipinski definition) is 0. The summed E-state index contributed by atoms with van der Waals surface area (Å²) in [5.74, 6) is 0. The van der Waals surface area contributed by atoms with Crippen molar-refractivity contribution in [1.82, 2.24) is 4.67 Å². The maximum atomic E-state index is 12.5. The van der Waals surface area contributed by atoms with Crippen LogP contribution in [-0.2, 0) is 9.05 Å². The quantitative estimate of drug-likeness (QED) is 0.188. The Bertz CT molecular complexity index is 996. The third-order valence-corrected chi connectivity index (χ3v) is 7.52. The molecular formula is C25H38N3O4P. The SMILES string of the molecule is [2H]CCC(OP(OCCC#N)N(C(C)C)C(C)C)c1cc(=O)oc2cc(N(CC)CC)ccc12. The van der Waals surface area contributed by atoms with Crippen LogP contribution in [0.5, 0.6) is 0 Å². The first-order valence-corrected chi connectivity index (χ1v) is 12.8. The summed E-state index contributed by atoms with van der Waals surface area (Å²) in [5, 5.41) is 9.77. The molecule has 0 bridgehead atoms. The van der Waals surface area contributed by atoms with Gasteiger partial charge in [-0.05, 0) is 65.7 Å². The number of nitriles is 1. The summed E-state index contributed by atoms with van der Waals surface area (Å²) in [7, 11) is -1.52. The summed E-state index contributed by atoms with van der Waals surface area (Å²) in [6, 6.07) is 9.76. The molecule has 2 aromatic rings. The van der Waals surface area contributed by atoms with Gasteiger partial charge in [-0.1, -0.05) is 6.90 Å². The maximum Gasteiger partial charge on any atom is 0.336 e. The zero-order chi connectivity index (χ0) is 25.3. The van der Waals surface area contributed by atoms with E-state index in [4.69, 9.17) is 20.1 Å². The zero-order valence-electron chi connectivity index (χ0n) is 21.7. The molecule has 0 amide bonds. The lowest BCUT2D eigenvalue weighted by atomic mass is 10.0. The average molecular weight is 477 g/mol. The Hall–Kier alpha value is -1.97. The van der Waals surface area contributed by atoms with Crippen molar-refractivity contribution in [1.29, 1.82) is 5.26 Å². The zero-order valence-corrected chi connectivity index (χ0v) is 21.6. The molecule has 1 aromatic heterocycles. The summed E-state index contributed by atoms with van der Waals surface area (Å²) < 4.78 is 28.2. The van der Waals surface area contributed by atoms with Crippen LogP contribution in [0.15, 0.2) is 33.5 Å². The molecule has 7 nitrogen and oxygen atoms in total. The van der Waals surface area contributed by atoms with Crippen molar-refractivity contribution in [2.45, 2.75) is 79.5 Å².